The summed E-state index contributed by atoms with van der Waals surface area (Å²) in [5, 5.41) is 3.62. The van der Waals surface area contributed by atoms with Gasteiger partial charge in [-0.05, 0) is 37.5 Å². The Hall–Kier alpha value is -2.41. The highest BCUT2D eigenvalue weighted by molar-refractivity contribution is 7.22. The lowest BCUT2D eigenvalue weighted by atomic mass is 10.1. The second-order valence-corrected chi connectivity index (χ2v) is 7.67. The van der Waals surface area contributed by atoms with Crippen molar-refractivity contribution in [1.82, 2.24) is 19.9 Å². The van der Waals surface area contributed by atoms with Gasteiger partial charge in [0.15, 0.2) is 5.13 Å². The van der Waals surface area contributed by atoms with Gasteiger partial charge < -0.3 is 15.6 Å². The van der Waals surface area contributed by atoms with Crippen LogP contribution in [0.4, 0.5) is 5.13 Å². The van der Waals surface area contributed by atoms with E-state index in [1.165, 1.54) is 11.3 Å². The van der Waals surface area contributed by atoms with Gasteiger partial charge in [0, 0.05) is 36.5 Å². The summed E-state index contributed by atoms with van der Waals surface area (Å²) in [7, 11) is 0. The van der Waals surface area contributed by atoms with Crippen molar-refractivity contribution >= 4 is 32.6 Å². The molecule has 0 spiro atoms. The van der Waals surface area contributed by atoms with Gasteiger partial charge in [-0.2, -0.15) is 0 Å². The van der Waals surface area contributed by atoms with E-state index in [0.29, 0.717) is 17.2 Å². The number of nitrogen functional groups attached to an aromatic ring is 1. The first-order valence-corrected chi connectivity index (χ1v) is 8.77. The van der Waals surface area contributed by atoms with Crippen LogP contribution in [-0.4, -0.2) is 27.0 Å². The third-order valence-electron chi connectivity index (χ3n) is 4.62. The molecule has 0 unspecified atom stereocenters. The molecule has 0 radical (unpaired) electrons. The van der Waals surface area contributed by atoms with Gasteiger partial charge in [-0.1, -0.05) is 11.3 Å². The van der Waals surface area contributed by atoms with Crippen LogP contribution >= 0.6 is 11.3 Å². The highest BCUT2D eigenvalue weighted by atomic mass is 32.1. The lowest BCUT2D eigenvalue weighted by Gasteiger charge is -2.16. The summed E-state index contributed by atoms with van der Waals surface area (Å²) in [5.74, 6) is -0.0381. The number of rotatable bonds is 5. The number of hydrogen-bond acceptors (Lipinski definition) is 5. The average molecular weight is 341 g/mol. The Balaban J connectivity index is 1.46. The predicted molar refractivity (Wildman–Crippen MR) is 95.0 cm³/mol. The standard InChI is InChI=1S/C17H19N5OS/c1-11-6-12(7-13-14(11)21-16(18)24-13)15(23)20-8-17(2-3-17)9-22-5-4-19-10-22/h4-7,10H,2-3,8-9H2,1H3,(H2,18,21)(H,20,23). The van der Waals surface area contributed by atoms with E-state index in [1.807, 2.05) is 31.6 Å². The third-order valence-corrected chi connectivity index (χ3v) is 5.45. The molecular formula is C17H19N5OS. The fraction of sp³-hybridized carbons (Fsp3) is 0.353. The molecule has 0 saturated heterocycles. The van der Waals surface area contributed by atoms with E-state index in [4.69, 9.17) is 5.73 Å². The number of imidazole rings is 1. The number of amides is 1. The number of anilines is 1. The van der Waals surface area contributed by atoms with Crippen molar-refractivity contribution in [3.05, 3.63) is 42.0 Å². The molecule has 4 rings (SSSR count). The van der Waals surface area contributed by atoms with Gasteiger partial charge in [0.1, 0.15) is 0 Å². The molecule has 1 aromatic carbocycles. The fourth-order valence-corrected chi connectivity index (χ4v) is 3.90. The predicted octanol–water partition coefficient (Wildman–Crippen LogP) is 2.59. The molecule has 124 valence electrons. The van der Waals surface area contributed by atoms with Crippen LogP contribution in [0.25, 0.3) is 10.2 Å². The molecule has 1 fully saturated rings. The molecular weight excluding hydrogens is 322 g/mol. The number of fused-ring (bicyclic) bond motifs is 1. The number of aryl methyl sites for hydroxylation is 1. The largest absolute Gasteiger partial charge is 0.375 e. The van der Waals surface area contributed by atoms with E-state index >= 15 is 0 Å². The van der Waals surface area contributed by atoms with Gasteiger partial charge in [-0.25, -0.2) is 9.97 Å². The summed E-state index contributed by atoms with van der Waals surface area (Å²) in [6, 6.07) is 3.76. The SMILES string of the molecule is Cc1cc(C(=O)NCC2(Cn3ccnc3)CC2)cc2sc(N)nc12. The van der Waals surface area contributed by atoms with Crippen LogP contribution < -0.4 is 11.1 Å². The van der Waals surface area contributed by atoms with Gasteiger partial charge in [0.25, 0.3) is 5.91 Å². The van der Waals surface area contributed by atoms with Crippen LogP contribution in [0.1, 0.15) is 28.8 Å². The number of thiazole rings is 1. The smallest absolute Gasteiger partial charge is 0.251 e. The van der Waals surface area contributed by atoms with Gasteiger partial charge in [-0.15, -0.1) is 0 Å². The molecule has 2 heterocycles. The highest BCUT2D eigenvalue weighted by Crippen LogP contribution is 2.46. The Kier molecular flexibility index (Phi) is 3.53. The molecule has 1 aliphatic rings. The average Bonchev–Trinajstić information content (AvgIpc) is 2.94. The summed E-state index contributed by atoms with van der Waals surface area (Å²) >= 11 is 1.41. The Morgan fingerprint density at radius 3 is 3.00 bits per heavy atom. The summed E-state index contributed by atoms with van der Waals surface area (Å²) < 4.78 is 3.03. The molecule has 1 saturated carbocycles. The van der Waals surface area contributed by atoms with Gasteiger partial charge in [0.05, 0.1) is 16.5 Å². The molecule has 6 nitrogen and oxygen atoms in total. The first-order chi connectivity index (χ1) is 11.5. The van der Waals surface area contributed by atoms with E-state index in [-0.39, 0.29) is 11.3 Å². The molecule has 0 bridgehead atoms. The zero-order valence-corrected chi connectivity index (χ0v) is 14.3. The number of carbonyl (C=O) groups is 1. The number of carbonyl (C=O) groups excluding carboxylic acids is 1. The number of hydrogen-bond donors (Lipinski definition) is 2. The normalized spacial score (nSPS) is 15.5. The molecule has 1 aliphatic carbocycles. The second kappa shape index (κ2) is 5.59. The molecule has 2 aromatic heterocycles. The van der Waals surface area contributed by atoms with E-state index < -0.39 is 0 Å². The topological polar surface area (TPSA) is 85.8 Å². The summed E-state index contributed by atoms with van der Waals surface area (Å²) in [6.45, 7) is 3.54. The third kappa shape index (κ3) is 2.87. The lowest BCUT2D eigenvalue weighted by molar-refractivity contribution is 0.0943. The number of aromatic nitrogens is 3. The van der Waals surface area contributed by atoms with Crippen molar-refractivity contribution in [3.63, 3.8) is 0 Å². The van der Waals surface area contributed by atoms with E-state index in [1.54, 1.807) is 6.20 Å². The van der Waals surface area contributed by atoms with Crippen molar-refractivity contribution in [2.24, 2.45) is 5.41 Å². The molecule has 7 heteroatoms. The van der Waals surface area contributed by atoms with Crippen molar-refractivity contribution in [2.75, 3.05) is 12.3 Å². The zero-order chi connectivity index (χ0) is 16.7. The summed E-state index contributed by atoms with van der Waals surface area (Å²) in [5.41, 5.74) is 8.47. The van der Waals surface area contributed by atoms with E-state index in [0.717, 1.165) is 35.2 Å². The number of nitrogens with two attached hydrogens (primary N) is 1. The Morgan fingerprint density at radius 1 is 1.46 bits per heavy atom. The molecule has 3 aromatic rings. The van der Waals surface area contributed by atoms with Gasteiger partial charge in [0.2, 0.25) is 0 Å². The second-order valence-electron chi connectivity index (χ2n) is 6.61. The maximum atomic E-state index is 12.5. The minimum absolute atomic E-state index is 0.0381. The van der Waals surface area contributed by atoms with Gasteiger partial charge in [-0.3, -0.25) is 4.79 Å². The minimum atomic E-state index is -0.0381. The van der Waals surface area contributed by atoms with Crippen LogP contribution in [0.5, 0.6) is 0 Å². The number of benzene rings is 1. The van der Waals surface area contributed by atoms with Crippen LogP contribution in [-0.2, 0) is 6.54 Å². The molecule has 0 atom stereocenters. The number of nitrogens with zero attached hydrogens (tertiary/aromatic N) is 3. The first kappa shape index (κ1) is 15.1. The van der Waals surface area contributed by atoms with Gasteiger partial charge >= 0.3 is 0 Å². The molecule has 1 amide bonds. The van der Waals surface area contributed by atoms with Crippen LogP contribution in [0.3, 0.4) is 0 Å². The maximum absolute atomic E-state index is 12.5. The lowest BCUT2D eigenvalue weighted by Crippen LogP contribution is -2.32. The van der Waals surface area contributed by atoms with E-state index in [9.17, 15) is 4.79 Å². The van der Waals surface area contributed by atoms with Crippen molar-refractivity contribution < 1.29 is 4.79 Å². The molecule has 0 aliphatic heterocycles. The van der Waals surface area contributed by atoms with Crippen molar-refractivity contribution in [3.8, 4) is 0 Å². The number of nitrogens with one attached hydrogen (secondary N) is 1. The Bertz CT molecular complexity index is 895. The quantitative estimate of drug-likeness (QED) is 0.747. The summed E-state index contributed by atoms with van der Waals surface area (Å²) in [6.07, 6.45) is 7.85. The zero-order valence-electron chi connectivity index (χ0n) is 13.5. The van der Waals surface area contributed by atoms with Crippen molar-refractivity contribution in [1.29, 1.82) is 0 Å². The molecule has 24 heavy (non-hydrogen) atoms. The highest BCUT2D eigenvalue weighted by Gasteiger charge is 2.43. The Morgan fingerprint density at radius 2 is 2.29 bits per heavy atom. The maximum Gasteiger partial charge on any atom is 0.251 e. The first-order valence-electron chi connectivity index (χ1n) is 7.95. The monoisotopic (exact) mass is 341 g/mol. The van der Waals surface area contributed by atoms with Crippen LogP contribution in [0.2, 0.25) is 0 Å². The van der Waals surface area contributed by atoms with Crippen LogP contribution in [0.15, 0.2) is 30.9 Å². The minimum Gasteiger partial charge on any atom is -0.375 e. The Labute approximate surface area is 143 Å². The molecule has 3 N–H and O–H groups in total. The summed E-state index contributed by atoms with van der Waals surface area (Å²) in [4.78, 5) is 20.9. The van der Waals surface area contributed by atoms with Crippen molar-refractivity contribution in [2.45, 2.75) is 26.3 Å². The van der Waals surface area contributed by atoms with Crippen LogP contribution in [0, 0.1) is 12.3 Å². The fourth-order valence-electron chi connectivity index (χ4n) is 3.05. The van der Waals surface area contributed by atoms with E-state index in [2.05, 4.69) is 19.9 Å².